The molecule has 4 rings (SSSR count). The molecule has 20 heavy (non-hydrogen) atoms. The van der Waals surface area contributed by atoms with Crippen LogP contribution in [0.3, 0.4) is 0 Å². The van der Waals surface area contributed by atoms with E-state index in [1.54, 1.807) is 11.3 Å². The van der Waals surface area contributed by atoms with E-state index >= 15 is 0 Å². The van der Waals surface area contributed by atoms with E-state index in [-0.39, 0.29) is 6.04 Å². The molecule has 1 atom stereocenters. The van der Waals surface area contributed by atoms with Gasteiger partial charge in [-0.15, -0.1) is 11.3 Å². The van der Waals surface area contributed by atoms with Crippen LogP contribution in [0, 0.1) is 0 Å². The number of hydrogen-bond acceptors (Lipinski definition) is 4. The van der Waals surface area contributed by atoms with Crippen molar-refractivity contribution in [3.63, 3.8) is 0 Å². The van der Waals surface area contributed by atoms with E-state index in [1.807, 2.05) is 18.5 Å². The summed E-state index contributed by atoms with van der Waals surface area (Å²) in [5, 5.41) is 10.3. The molecule has 0 radical (unpaired) electrons. The molecular weight excluding hydrogens is 268 g/mol. The van der Waals surface area contributed by atoms with Crippen LogP contribution in [0.15, 0.2) is 48.1 Å². The van der Waals surface area contributed by atoms with Crippen LogP contribution >= 0.6 is 11.3 Å². The third-order valence-corrected chi connectivity index (χ3v) is 4.49. The molecule has 0 fully saturated rings. The number of nitrogens with zero attached hydrogens (tertiary/aromatic N) is 3. The number of anilines is 1. The minimum atomic E-state index is 0.272. The van der Waals surface area contributed by atoms with Crippen LogP contribution in [0.5, 0.6) is 0 Å². The molecule has 0 spiro atoms. The molecule has 0 aromatic carbocycles. The standard InChI is InChI=1S/C15H14N4S/c1-3-11(10-16-6-1)13-5-7-17-15-9-12(18-19(13)15)14-4-2-8-20-14/h1-4,6,8-10,13,17H,5,7H2. The summed E-state index contributed by atoms with van der Waals surface area (Å²) in [4.78, 5) is 5.44. The molecule has 5 heteroatoms. The van der Waals surface area contributed by atoms with Crippen LogP contribution in [-0.2, 0) is 0 Å². The minimum Gasteiger partial charge on any atom is -0.370 e. The summed E-state index contributed by atoms with van der Waals surface area (Å²) in [6.45, 7) is 0.967. The van der Waals surface area contributed by atoms with Gasteiger partial charge < -0.3 is 5.32 Å². The van der Waals surface area contributed by atoms with E-state index in [4.69, 9.17) is 5.10 Å². The quantitative estimate of drug-likeness (QED) is 0.783. The number of hydrogen-bond donors (Lipinski definition) is 1. The van der Waals surface area contributed by atoms with Gasteiger partial charge in [0.15, 0.2) is 0 Å². The lowest BCUT2D eigenvalue weighted by atomic mass is 10.0. The highest BCUT2D eigenvalue weighted by Crippen LogP contribution is 2.33. The first kappa shape index (κ1) is 11.7. The Labute approximate surface area is 121 Å². The molecule has 1 unspecified atom stereocenters. The van der Waals surface area contributed by atoms with Crippen molar-refractivity contribution in [2.45, 2.75) is 12.5 Å². The van der Waals surface area contributed by atoms with Crippen molar-refractivity contribution in [1.29, 1.82) is 0 Å². The highest BCUT2D eigenvalue weighted by molar-refractivity contribution is 7.13. The first-order valence-corrected chi connectivity index (χ1v) is 7.57. The molecule has 0 saturated heterocycles. The topological polar surface area (TPSA) is 42.7 Å². The lowest BCUT2D eigenvalue weighted by molar-refractivity contribution is 0.482. The maximum absolute atomic E-state index is 4.79. The third-order valence-electron chi connectivity index (χ3n) is 3.60. The van der Waals surface area contributed by atoms with Crippen molar-refractivity contribution >= 4 is 17.2 Å². The summed E-state index contributed by atoms with van der Waals surface area (Å²) in [5.74, 6) is 1.09. The first-order chi connectivity index (χ1) is 9.92. The minimum absolute atomic E-state index is 0.272. The smallest absolute Gasteiger partial charge is 0.125 e. The molecule has 1 aliphatic heterocycles. The summed E-state index contributed by atoms with van der Waals surface area (Å²) < 4.78 is 2.09. The van der Waals surface area contributed by atoms with Gasteiger partial charge in [0.25, 0.3) is 0 Å². The Bertz CT molecular complexity index is 703. The second kappa shape index (κ2) is 4.76. The van der Waals surface area contributed by atoms with E-state index in [1.165, 1.54) is 10.4 Å². The Morgan fingerprint density at radius 3 is 3.10 bits per heavy atom. The maximum Gasteiger partial charge on any atom is 0.125 e. The van der Waals surface area contributed by atoms with Gasteiger partial charge in [-0.2, -0.15) is 5.10 Å². The zero-order chi connectivity index (χ0) is 13.4. The molecule has 1 N–H and O–H groups in total. The van der Waals surface area contributed by atoms with E-state index in [0.717, 1.165) is 24.5 Å². The highest BCUT2D eigenvalue weighted by atomic mass is 32.1. The lowest BCUT2D eigenvalue weighted by Crippen LogP contribution is -2.24. The van der Waals surface area contributed by atoms with Gasteiger partial charge in [0.2, 0.25) is 0 Å². The van der Waals surface area contributed by atoms with E-state index in [9.17, 15) is 0 Å². The fraction of sp³-hybridized carbons (Fsp3) is 0.200. The molecule has 3 aromatic heterocycles. The van der Waals surface area contributed by atoms with Crippen LogP contribution < -0.4 is 5.32 Å². The molecule has 3 aromatic rings. The summed E-state index contributed by atoms with van der Waals surface area (Å²) >= 11 is 1.72. The SMILES string of the molecule is c1cncc(C2CCNc3cc(-c4cccs4)nn32)c1. The fourth-order valence-corrected chi connectivity index (χ4v) is 3.33. The number of rotatable bonds is 2. The molecule has 1 aliphatic rings. The van der Waals surface area contributed by atoms with Gasteiger partial charge in [0.1, 0.15) is 11.5 Å². The number of fused-ring (bicyclic) bond motifs is 1. The van der Waals surface area contributed by atoms with Crippen molar-refractivity contribution in [2.75, 3.05) is 11.9 Å². The fourth-order valence-electron chi connectivity index (χ4n) is 2.65. The average molecular weight is 282 g/mol. The molecular formula is C15H14N4S. The van der Waals surface area contributed by atoms with E-state index in [0.29, 0.717) is 0 Å². The van der Waals surface area contributed by atoms with Crippen molar-refractivity contribution in [3.8, 4) is 10.6 Å². The summed E-state index contributed by atoms with van der Waals surface area (Å²) in [6.07, 6.45) is 4.78. The Hall–Kier alpha value is -2.14. The van der Waals surface area contributed by atoms with Crippen molar-refractivity contribution in [2.24, 2.45) is 0 Å². The maximum atomic E-state index is 4.79. The number of pyridine rings is 1. The van der Waals surface area contributed by atoms with Crippen molar-refractivity contribution < 1.29 is 0 Å². The normalized spacial score (nSPS) is 17.5. The van der Waals surface area contributed by atoms with Crippen LogP contribution in [0.2, 0.25) is 0 Å². The van der Waals surface area contributed by atoms with Gasteiger partial charge in [-0.3, -0.25) is 4.98 Å². The summed E-state index contributed by atoms with van der Waals surface area (Å²) in [7, 11) is 0. The highest BCUT2D eigenvalue weighted by Gasteiger charge is 2.23. The Balaban J connectivity index is 1.78. The average Bonchev–Trinajstić information content (AvgIpc) is 3.16. The zero-order valence-corrected chi connectivity index (χ0v) is 11.7. The lowest BCUT2D eigenvalue weighted by Gasteiger charge is -2.25. The van der Waals surface area contributed by atoms with Gasteiger partial charge >= 0.3 is 0 Å². The van der Waals surface area contributed by atoms with Crippen molar-refractivity contribution in [3.05, 3.63) is 53.7 Å². The third kappa shape index (κ3) is 1.91. The van der Waals surface area contributed by atoms with Gasteiger partial charge in [0, 0.05) is 25.0 Å². The summed E-state index contributed by atoms with van der Waals surface area (Å²) in [5.41, 5.74) is 2.26. The van der Waals surface area contributed by atoms with E-state index in [2.05, 4.69) is 44.6 Å². The first-order valence-electron chi connectivity index (χ1n) is 6.69. The molecule has 4 nitrogen and oxygen atoms in total. The Morgan fingerprint density at radius 1 is 1.30 bits per heavy atom. The van der Waals surface area contributed by atoms with Crippen LogP contribution in [0.1, 0.15) is 18.0 Å². The van der Waals surface area contributed by atoms with Gasteiger partial charge in [-0.1, -0.05) is 12.1 Å². The number of aromatic nitrogens is 3. The van der Waals surface area contributed by atoms with Gasteiger partial charge in [-0.05, 0) is 29.5 Å². The largest absolute Gasteiger partial charge is 0.370 e. The molecule has 0 amide bonds. The van der Waals surface area contributed by atoms with Crippen LogP contribution in [0.25, 0.3) is 10.6 Å². The van der Waals surface area contributed by atoms with Gasteiger partial charge in [0.05, 0.1) is 10.9 Å². The van der Waals surface area contributed by atoms with Crippen molar-refractivity contribution in [1.82, 2.24) is 14.8 Å². The van der Waals surface area contributed by atoms with Crippen LogP contribution in [-0.4, -0.2) is 21.3 Å². The number of thiophene rings is 1. The Morgan fingerprint density at radius 2 is 2.30 bits per heavy atom. The molecule has 0 aliphatic carbocycles. The van der Waals surface area contributed by atoms with E-state index < -0.39 is 0 Å². The second-order valence-corrected chi connectivity index (χ2v) is 5.80. The second-order valence-electron chi connectivity index (χ2n) is 4.85. The van der Waals surface area contributed by atoms with Gasteiger partial charge in [-0.25, -0.2) is 4.68 Å². The Kier molecular flexibility index (Phi) is 2.77. The molecule has 0 bridgehead atoms. The zero-order valence-electron chi connectivity index (χ0n) is 10.9. The molecule has 4 heterocycles. The summed E-state index contributed by atoms with van der Waals surface area (Å²) in [6, 6.07) is 10.7. The van der Waals surface area contributed by atoms with Crippen LogP contribution in [0.4, 0.5) is 5.82 Å². The monoisotopic (exact) mass is 282 g/mol. The predicted molar refractivity (Wildman–Crippen MR) is 81.0 cm³/mol. The number of nitrogens with one attached hydrogen (secondary N) is 1. The molecule has 100 valence electrons. The molecule has 0 saturated carbocycles. The predicted octanol–water partition coefficient (Wildman–Crippen LogP) is 3.41.